The minimum Gasteiger partial charge on any atom is -0.346 e. The predicted octanol–water partition coefficient (Wildman–Crippen LogP) is 1.31. The van der Waals surface area contributed by atoms with E-state index in [9.17, 15) is 9.59 Å². The van der Waals surface area contributed by atoms with Crippen LogP contribution in [-0.2, 0) is 16.0 Å². The molecule has 1 aromatic carbocycles. The van der Waals surface area contributed by atoms with Crippen molar-refractivity contribution < 1.29 is 9.59 Å². The number of benzene rings is 1. The highest BCUT2D eigenvalue weighted by molar-refractivity contribution is 5.98. The summed E-state index contributed by atoms with van der Waals surface area (Å²) < 4.78 is 0. The van der Waals surface area contributed by atoms with E-state index in [1.165, 1.54) is 5.56 Å². The summed E-state index contributed by atoms with van der Waals surface area (Å²) in [5, 5.41) is 2.65. The van der Waals surface area contributed by atoms with Crippen LogP contribution in [0.1, 0.15) is 26.3 Å². The number of hydrogen-bond acceptors (Lipinski definition) is 3. The lowest BCUT2D eigenvalue weighted by atomic mass is 9.94. The van der Waals surface area contributed by atoms with Crippen molar-refractivity contribution in [1.82, 2.24) is 5.32 Å². The van der Waals surface area contributed by atoms with Crippen molar-refractivity contribution >= 4 is 17.5 Å². The summed E-state index contributed by atoms with van der Waals surface area (Å²) in [6.07, 6.45) is 0.977. The molecular formula is C17H25N3O2. The molecule has 0 fully saturated rings. The molecule has 3 N–H and O–H groups in total. The minimum absolute atomic E-state index is 0.0136. The Balaban J connectivity index is 2.03. The van der Waals surface area contributed by atoms with Gasteiger partial charge >= 0.3 is 0 Å². The van der Waals surface area contributed by atoms with Crippen molar-refractivity contribution in [2.75, 3.05) is 18.0 Å². The number of nitrogens with zero attached hydrogens (tertiary/aromatic N) is 1. The molecule has 2 rings (SSSR count). The first-order valence-electron chi connectivity index (χ1n) is 7.81. The SMILES string of the molecule is CC1Cc2ccccc2N(C(=O)CNC(=O)[C@@H](N)C(C)C)C1. The van der Waals surface area contributed by atoms with Crippen LogP contribution in [0.4, 0.5) is 5.69 Å². The normalized spacial score (nSPS) is 18.8. The highest BCUT2D eigenvalue weighted by atomic mass is 16.2. The Morgan fingerprint density at radius 1 is 1.36 bits per heavy atom. The van der Waals surface area contributed by atoms with Gasteiger partial charge in [0, 0.05) is 12.2 Å². The lowest BCUT2D eigenvalue weighted by molar-refractivity contribution is -0.126. The van der Waals surface area contributed by atoms with Crippen LogP contribution in [0.2, 0.25) is 0 Å². The molecule has 0 radical (unpaired) electrons. The van der Waals surface area contributed by atoms with Gasteiger partial charge in [0.1, 0.15) is 0 Å². The molecule has 120 valence electrons. The minimum atomic E-state index is -0.583. The molecule has 0 aromatic heterocycles. The number of amides is 2. The molecule has 1 aromatic rings. The van der Waals surface area contributed by atoms with E-state index in [1.807, 2.05) is 32.0 Å². The Bertz CT molecular complexity index is 557. The smallest absolute Gasteiger partial charge is 0.246 e. The average molecular weight is 303 g/mol. The van der Waals surface area contributed by atoms with Gasteiger partial charge in [-0.2, -0.15) is 0 Å². The van der Waals surface area contributed by atoms with Crippen LogP contribution in [0, 0.1) is 11.8 Å². The standard InChI is InChI=1S/C17H25N3O2/c1-11(2)16(18)17(22)19-9-15(21)20-10-12(3)8-13-6-4-5-7-14(13)20/h4-7,11-12,16H,8-10,18H2,1-3H3,(H,19,22)/t12?,16-/m0/s1. The predicted molar refractivity (Wildman–Crippen MR) is 87.5 cm³/mol. The number of carbonyl (C=O) groups is 2. The van der Waals surface area contributed by atoms with E-state index in [1.54, 1.807) is 4.90 Å². The van der Waals surface area contributed by atoms with Gasteiger partial charge in [0.2, 0.25) is 11.8 Å². The fraction of sp³-hybridized carbons (Fsp3) is 0.529. The molecule has 1 aliphatic heterocycles. The van der Waals surface area contributed by atoms with Gasteiger partial charge in [-0.15, -0.1) is 0 Å². The molecule has 1 unspecified atom stereocenters. The number of carbonyl (C=O) groups excluding carboxylic acids is 2. The lowest BCUT2D eigenvalue weighted by Crippen LogP contribution is -2.49. The highest BCUT2D eigenvalue weighted by Crippen LogP contribution is 2.29. The van der Waals surface area contributed by atoms with Crippen LogP contribution in [0.5, 0.6) is 0 Å². The molecule has 5 nitrogen and oxygen atoms in total. The summed E-state index contributed by atoms with van der Waals surface area (Å²) in [4.78, 5) is 26.1. The lowest BCUT2D eigenvalue weighted by Gasteiger charge is -2.33. The molecule has 0 bridgehead atoms. The van der Waals surface area contributed by atoms with Gasteiger partial charge in [-0.25, -0.2) is 0 Å². The van der Waals surface area contributed by atoms with Crippen molar-refractivity contribution in [2.45, 2.75) is 33.2 Å². The molecule has 1 aliphatic rings. The fourth-order valence-corrected chi connectivity index (χ4v) is 2.71. The molecule has 0 spiro atoms. The van der Waals surface area contributed by atoms with Crippen molar-refractivity contribution in [2.24, 2.45) is 17.6 Å². The van der Waals surface area contributed by atoms with E-state index < -0.39 is 6.04 Å². The summed E-state index contributed by atoms with van der Waals surface area (Å²) in [5.41, 5.74) is 7.92. The molecule has 1 heterocycles. The first-order chi connectivity index (χ1) is 10.4. The average Bonchev–Trinajstić information content (AvgIpc) is 2.50. The zero-order chi connectivity index (χ0) is 16.3. The van der Waals surface area contributed by atoms with E-state index in [0.717, 1.165) is 12.1 Å². The Morgan fingerprint density at radius 2 is 2.05 bits per heavy atom. The maximum atomic E-state index is 12.5. The second kappa shape index (κ2) is 6.92. The number of anilines is 1. The number of rotatable bonds is 4. The summed E-state index contributed by atoms with van der Waals surface area (Å²) >= 11 is 0. The molecular weight excluding hydrogens is 278 g/mol. The van der Waals surface area contributed by atoms with Crippen molar-refractivity contribution in [3.05, 3.63) is 29.8 Å². The molecule has 0 saturated heterocycles. The van der Waals surface area contributed by atoms with Gasteiger partial charge in [-0.3, -0.25) is 9.59 Å². The van der Waals surface area contributed by atoms with Crippen molar-refractivity contribution in [3.8, 4) is 0 Å². The number of hydrogen-bond donors (Lipinski definition) is 2. The van der Waals surface area contributed by atoms with Gasteiger partial charge in [-0.05, 0) is 29.9 Å². The first kappa shape index (κ1) is 16.5. The number of nitrogens with one attached hydrogen (secondary N) is 1. The van der Waals surface area contributed by atoms with E-state index in [4.69, 9.17) is 5.73 Å². The molecule has 2 amide bonds. The molecule has 0 aliphatic carbocycles. The monoisotopic (exact) mass is 303 g/mol. The third-order valence-corrected chi connectivity index (χ3v) is 4.08. The van der Waals surface area contributed by atoms with Gasteiger partial charge in [-0.1, -0.05) is 39.0 Å². The van der Waals surface area contributed by atoms with E-state index in [2.05, 4.69) is 18.3 Å². The maximum absolute atomic E-state index is 12.5. The summed E-state index contributed by atoms with van der Waals surface area (Å²) in [7, 11) is 0. The topological polar surface area (TPSA) is 75.4 Å². The second-order valence-corrected chi connectivity index (χ2v) is 6.43. The summed E-state index contributed by atoms with van der Waals surface area (Å²) in [5.74, 6) is 0.0864. The van der Waals surface area contributed by atoms with E-state index >= 15 is 0 Å². The summed E-state index contributed by atoms with van der Waals surface area (Å²) in [6.45, 7) is 6.56. The van der Waals surface area contributed by atoms with Crippen LogP contribution in [0.25, 0.3) is 0 Å². The highest BCUT2D eigenvalue weighted by Gasteiger charge is 2.26. The fourth-order valence-electron chi connectivity index (χ4n) is 2.71. The largest absolute Gasteiger partial charge is 0.346 e. The Hall–Kier alpha value is -1.88. The van der Waals surface area contributed by atoms with Crippen molar-refractivity contribution in [1.29, 1.82) is 0 Å². The third kappa shape index (κ3) is 3.65. The molecule has 5 heteroatoms. The Kier molecular flexibility index (Phi) is 5.19. The third-order valence-electron chi connectivity index (χ3n) is 4.08. The molecule has 22 heavy (non-hydrogen) atoms. The van der Waals surface area contributed by atoms with E-state index in [-0.39, 0.29) is 24.3 Å². The van der Waals surface area contributed by atoms with Crippen LogP contribution in [-0.4, -0.2) is 30.9 Å². The van der Waals surface area contributed by atoms with Crippen LogP contribution < -0.4 is 16.0 Å². The zero-order valence-corrected chi connectivity index (χ0v) is 13.5. The Morgan fingerprint density at radius 3 is 2.73 bits per heavy atom. The molecule has 2 atom stereocenters. The van der Waals surface area contributed by atoms with Gasteiger partial charge in [0.05, 0.1) is 12.6 Å². The quantitative estimate of drug-likeness (QED) is 0.880. The van der Waals surface area contributed by atoms with Gasteiger partial charge in [0.25, 0.3) is 0 Å². The second-order valence-electron chi connectivity index (χ2n) is 6.43. The van der Waals surface area contributed by atoms with Crippen molar-refractivity contribution in [3.63, 3.8) is 0 Å². The van der Waals surface area contributed by atoms with Crippen LogP contribution in [0.3, 0.4) is 0 Å². The number of fused-ring (bicyclic) bond motifs is 1. The van der Waals surface area contributed by atoms with Crippen LogP contribution >= 0.6 is 0 Å². The summed E-state index contributed by atoms with van der Waals surface area (Å²) in [6, 6.07) is 7.35. The number of nitrogens with two attached hydrogens (primary N) is 1. The van der Waals surface area contributed by atoms with Crippen LogP contribution in [0.15, 0.2) is 24.3 Å². The first-order valence-corrected chi connectivity index (χ1v) is 7.81. The van der Waals surface area contributed by atoms with E-state index in [0.29, 0.717) is 12.5 Å². The van der Waals surface area contributed by atoms with Gasteiger partial charge in [0.15, 0.2) is 0 Å². The van der Waals surface area contributed by atoms with Gasteiger partial charge < -0.3 is 16.0 Å². The number of para-hydroxylation sites is 1. The maximum Gasteiger partial charge on any atom is 0.246 e. The Labute approximate surface area is 131 Å². The molecule has 0 saturated carbocycles. The zero-order valence-electron chi connectivity index (χ0n) is 13.5.